The number of halogens is 1. The number of amides is 1. The van der Waals surface area contributed by atoms with Gasteiger partial charge in [-0.15, -0.1) is 0 Å². The minimum atomic E-state index is -0.412. The van der Waals surface area contributed by atoms with Gasteiger partial charge in [0.1, 0.15) is 0 Å². The van der Waals surface area contributed by atoms with Crippen LogP contribution >= 0.6 is 15.9 Å². The predicted octanol–water partition coefficient (Wildman–Crippen LogP) is 4.15. The molecule has 0 aromatic heterocycles. The Labute approximate surface area is 111 Å². The van der Waals surface area contributed by atoms with Crippen LogP contribution in [0.4, 0.5) is 5.69 Å². The van der Waals surface area contributed by atoms with Crippen molar-refractivity contribution >= 4 is 27.5 Å². The SMILES string of the molecule is CCCC(Br)c1ccc2c(c1)C(C)(C)C(=O)N2. The molecule has 2 rings (SSSR count). The van der Waals surface area contributed by atoms with E-state index in [4.69, 9.17) is 0 Å². The van der Waals surface area contributed by atoms with Crippen LogP contribution in [0.25, 0.3) is 0 Å². The lowest BCUT2D eigenvalue weighted by atomic mass is 9.85. The fourth-order valence-electron chi connectivity index (χ4n) is 2.20. The first-order valence-electron chi connectivity index (χ1n) is 6.06. The Bertz CT molecular complexity index is 454. The molecule has 2 nitrogen and oxygen atoms in total. The van der Waals surface area contributed by atoms with Gasteiger partial charge in [0.25, 0.3) is 0 Å². The number of carbonyl (C=O) groups is 1. The van der Waals surface area contributed by atoms with Crippen molar-refractivity contribution in [2.24, 2.45) is 0 Å². The molecule has 0 spiro atoms. The second kappa shape index (κ2) is 4.45. The van der Waals surface area contributed by atoms with E-state index < -0.39 is 5.41 Å². The van der Waals surface area contributed by atoms with Crippen molar-refractivity contribution in [3.05, 3.63) is 29.3 Å². The van der Waals surface area contributed by atoms with Gasteiger partial charge in [-0.05, 0) is 37.5 Å². The number of fused-ring (bicyclic) bond motifs is 1. The van der Waals surface area contributed by atoms with Gasteiger partial charge in [0.05, 0.1) is 5.41 Å². The van der Waals surface area contributed by atoms with E-state index in [0.29, 0.717) is 4.83 Å². The van der Waals surface area contributed by atoms with Crippen molar-refractivity contribution in [3.8, 4) is 0 Å². The summed E-state index contributed by atoms with van der Waals surface area (Å²) in [6, 6.07) is 6.26. The lowest BCUT2D eigenvalue weighted by molar-refractivity contribution is -0.119. The third-order valence-corrected chi connectivity index (χ3v) is 4.42. The summed E-state index contributed by atoms with van der Waals surface area (Å²) < 4.78 is 0. The summed E-state index contributed by atoms with van der Waals surface area (Å²) >= 11 is 3.70. The molecule has 1 aliphatic rings. The Morgan fingerprint density at radius 2 is 2.12 bits per heavy atom. The van der Waals surface area contributed by atoms with Crippen molar-refractivity contribution in [2.45, 2.75) is 43.9 Å². The molecule has 1 atom stereocenters. The van der Waals surface area contributed by atoms with Gasteiger partial charge in [0.2, 0.25) is 5.91 Å². The maximum absolute atomic E-state index is 11.8. The molecule has 0 radical (unpaired) electrons. The summed E-state index contributed by atoms with van der Waals surface area (Å²) in [7, 11) is 0. The molecule has 1 aromatic rings. The molecule has 1 heterocycles. The van der Waals surface area contributed by atoms with Crippen LogP contribution in [0.2, 0.25) is 0 Å². The van der Waals surface area contributed by atoms with Crippen LogP contribution in [0.15, 0.2) is 18.2 Å². The quantitative estimate of drug-likeness (QED) is 0.834. The summed E-state index contributed by atoms with van der Waals surface area (Å²) in [4.78, 5) is 12.2. The zero-order chi connectivity index (χ0) is 12.6. The molecule has 92 valence electrons. The summed E-state index contributed by atoms with van der Waals surface area (Å²) in [5.74, 6) is 0.0891. The second-order valence-corrected chi connectivity index (χ2v) is 6.25. The Morgan fingerprint density at radius 1 is 1.41 bits per heavy atom. The van der Waals surface area contributed by atoms with Crippen LogP contribution in [0.5, 0.6) is 0 Å². The first kappa shape index (κ1) is 12.6. The van der Waals surface area contributed by atoms with Gasteiger partial charge in [-0.1, -0.05) is 41.4 Å². The summed E-state index contributed by atoms with van der Waals surface area (Å²) in [6.45, 7) is 6.12. The van der Waals surface area contributed by atoms with E-state index in [1.54, 1.807) is 0 Å². The molecular weight excluding hydrogens is 278 g/mol. The number of anilines is 1. The zero-order valence-electron chi connectivity index (χ0n) is 10.5. The van der Waals surface area contributed by atoms with E-state index in [-0.39, 0.29) is 5.91 Å². The van der Waals surface area contributed by atoms with Gasteiger partial charge >= 0.3 is 0 Å². The second-order valence-electron chi connectivity index (χ2n) is 5.14. The van der Waals surface area contributed by atoms with E-state index in [0.717, 1.165) is 24.1 Å². The predicted molar refractivity (Wildman–Crippen MR) is 74.7 cm³/mol. The van der Waals surface area contributed by atoms with Gasteiger partial charge in [-0.3, -0.25) is 4.79 Å². The standard InChI is InChI=1S/C14H18BrNO/c1-4-5-11(15)9-6-7-12-10(8-9)14(2,3)13(17)16-12/h6-8,11H,4-5H2,1-3H3,(H,16,17). The van der Waals surface area contributed by atoms with Crippen molar-refractivity contribution in [2.75, 3.05) is 5.32 Å². The molecule has 17 heavy (non-hydrogen) atoms. The minimum Gasteiger partial charge on any atom is -0.325 e. The fraction of sp³-hybridized carbons (Fsp3) is 0.500. The van der Waals surface area contributed by atoms with Crippen LogP contribution in [-0.2, 0) is 10.2 Å². The maximum atomic E-state index is 11.8. The van der Waals surface area contributed by atoms with Crippen molar-refractivity contribution in [1.82, 2.24) is 0 Å². The highest BCUT2D eigenvalue weighted by atomic mass is 79.9. The fourth-order valence-corrected chi connectivity index (χ4v) is 2.95. The third kappa shape index (κ3) is 2.13. The van der Waals surface area contributed by atoms with Gasteiger partial charge < -0.3 is 5.32 Å². The summed E-state index contributed by atoms with van der Waals surface area (Å²) in [5, 5.41) is 2.93. The molecule has 1 unspecified atom stereocenters. The smallest absolute Gasteiger partial charge is 0.234 e. The zero-order valence-corrected chi connectivity index (χ0v) is 12.1. The Morgan fingerprint density at radius 3 is 2.76 bits per heavy atom. The van der Waals surface area contributed by atoms with Gasteiger partial charge in [-0.2, -0.15) is 0 Å². The number of nitrogens with one attached hydrogen (secondary N) is 1. The van der Waals surface area contributed by atoms with Crippen molar-refractivity contribution < 1.29 is 4.79 Å². The van der Waals surface area contributed by atoms with E-state index in [1.807, 2.05) is 19.9 Å². The Kier molecular flexibility index (Phi) is 3.30. The first-order chi connectivity index (χ1) is 7.96. The van der Waals surface area contributed by atoms with Crippen LogP contribution in [0.3, 0.4) is 0 Å². The monoisotopic (exact) mass is 295 g/mol. The molecule has 1 N–H and O–H groups in total. The highest BCUT2D eigenvalue weighted by molar-refractivity contribution is 9.09. The lowest BCUT2D eigenvalue weighted by Gasteiger charge is -2.17. The van der Waals surface area contributed by atoms with E-state index >= 15 is 0 Å². The molecule has 1 aliphatic heterocycles. The number of benzene rings is 1. The number of rotatable bonds is 3. The molecular formula is C14H18BrNO. The highest BCUT2D eigenvalue weighted by Gasteiger charge is 2.38. The molecule has 1 amide bonds. The van der Waals surface area contributed by atoms with Crippen LogP contribution in [-0.4, -0.2) is 5.91 Å². The Hall–Kier alpha value is -0.830. The minimum absolute atomic E-state index is 0.0891. The highest BCUT2D eigenvalue weighted by Crippen LogP contribution is 2.40. The number of hydrogen-bond acceptors (Lipinski definition) is 1. The summed E-state index contributed by atoms with van der Waals surface area (Å²) in [6.07, 6.45) is 2.26. The first-order valence-corrected chi connectivity index (χ1v) is 6.98. The van der Waals surface area contributed by atoms with Gasteiger partial charge in [0.15, 0.2) is 0 Å². The molecule has 0 saturated carbocycles. The average molecular weight is 296 g/mol. The van der Waals surface area contributed by atoms with E-state index in [9.17, 15) is 4.79 Å². The molecule has 0 fully saturated rings. The van der Waals surface area contributed by atoms with Crippen LogP contribution < -0.4 is 5.32 Å². The molecule has 0 bridgehead atoms. The molecule has 3 heteroatoms. The maximum Gasteiger partial charge on any atom is 0.234 e. The summed E-state index contributed by atoms with van der Waals surface area (Å²) in [5.41, 5.74) is 2.92. The molecule has 0 aliphatic carbocycles. The Balaban J connectivity index is 2.39. The van der Waals surface area contributed by atoms with Crippen LogP contribution in [0, 0.1) is 0 Å². The van der Waals surface area contributed by atoms with E-state index in [2.05, 4.69) is 40.3 Å². The number of alkyl halides is 1. The van der Waals surface area contributed by atoms with Crippen molar-refractivity contribution in [1.29, 1.82) is 0 Å². The topological polar surface area (TPSA) is 29.1 Å². The number of hydrogen-bond donors (Lipinski definition) is 1. The average Bonchev–Trinajstić information content (AvgIpc) is 2.50. The normalized spacial score (nSPS) is 18.7. The van der Waals surface area contributed by atoms with Gasteiger partial charge in [-0.25, -0.2) is 0 Å². The largest absolute Gasteiger partial charge is 0.325 e. The molecule has 0 saturated heterocycles. The third-order valence-electron chi connectivity index (χ3n) is 3.44. The van der Waals surface area contributed by atoms with E-state index in [1.165, 1.54) is 5.56 Å². The lowest BCUT2D eigenvalue weighted by Crippen LogP contribution is -2.26. The van der Waals surface area contributed by atoms with Crippen LogP contribution in [0.1, 0.15) is 49.6 Å². The molecule has 1 aromatic carbocycles. The van der Waals surface area contributed by atoms with Gasteiger partial charge in [0, 0.05) is 10.5 Å². The number of carbonyl (C=O) groups excluding carboxylic acids is 1. The van der Waals surface area contributed by atoms with Crippen molar-refractivity contribution in [3.63, 3.8) is 0 Å².